The molecule has 2 heterocycles. The number of carbonyl (C=O) groups is 1. The third-order valence-electron chi connectivity index (χ3n) is 2.46. The van der Waals surface area contributed by atoms with Crippen LogP contribution in [0.4, 0.5) is 0 Å². The number of nitrogens with one attached hydrogen (secondary N) is 1. The molecule has 2 atom stereocenters. The van der Waals surface area contributed by atoms with Gasteiger partial charge in [0.2, 0.25) is 5.91 Å². The molecule has 56 valence electrons. The topological polar surface area (TPSA) is 32.3 Å². The van der Waals surface area contributed by atoms with Gasteiger partial charge in [-0.3, -0.25) is 4.79 Å². The van der Waals surface area contributed by atoms with Crippen LogP contribution >= 0.6 is 0 Å². The van der Waals surface area contributed by atoms with Crippen molar-refractivity contribution in [1.29, 1.82) is 0 Å². The second-order valence-electron chi connectivity index (χ2n) is 3.17. The van der Waals surface area contributed by atoms with E-state index < -0.39 is 0 Å². The van der Waals surface area contributed by atoms with Crippen LogP contribution in [0.5, 0.6) is 0 Å². The first-order chi connectivity index (χ1) is 4.77. The Kier molecular flexibility index (Phi) is 1.20. The molecule has 1 unspecified atom stereocenters. The van der Waals surface area contributed by atoms with E-state index in [0.717, 1.165) is 13.1 Å². The summed E-state index contributed by atoms with van der Waals surface area (Å²) in [6, 6.07) is 1.09. The van der Waals surface area contributed by atoms with Gasteiger partial charge in [0.25, 0.3) is 0 Å². The Bertz CT molecular complexity index is 169. The molecule has 0 aromatic carbocycles. The van der Waals surface area contributed by atoms with E-state index in [-0.39, 0.29) is 5.91 Å². The lowest BCUT2D eigenvalue weighted by Crippen LogP contribution is -2.45. The highest BCUT2D eigenvalue weighted by molar-refractivity contribution is 5.74. The largest absolute Gasteiger partial charge is 0.337 e. The van der Waals surface area contributed by atoms with Gasteiger partial charge >= 0.3 is 0 Å². The summed E-state index contributed by atoms with van der Waals surface area (Å²) in [4.78, 5) is 12.9. The van der Waals surface area contributed by atoms with Crippen molar-refractivity contribution in [3.63, 3.8) is 0 Å². The molecule has 2 bridgehead atoms. The second kappa shape index (κ2) is 1.95. The molecule has 0 aromatic heterocycles. The van der Waals surface area contributed by atoms with Gasteiger partial charge in [0.15, 0.2) is 0 Å². The van der Waals surface area contributed by atoms with Gasteiger partial charge in [-0.05, 0) is 6.42 Å². The van der Waals surface area contributed by atoms with Gasteiger partial charge in [-0.15, -0.1) is 0 Å². The summed E-state index contributed by atoms with van der Waals surface area (Å²) in [6.07, 6.45) is 1.17. The van der Waals surface area contributed by atoms with Gasteiger partial charge in [-0.25, -0.2) is 0 Å². The van der Waals surface area contributed by atoms with E-state index in [1.807, 2.05) is 4.90 Å². The third-order valence-corrected chi connectivity index (χ3v) is 2.46. The standard InChI is InChI=1S/C7H12N2O/c1-5(10)9-4-6-2-7(9)3-8-6/h6-8H,2-4H2,1H3/t6-,7?/m0/s1. The first-order valence-electron chi connectivity index (χ1n) is 3.78. The zero-order valence-electron chi connectivity index (χ0n) is 6.13. The lowest BCUT2D eigenvalue weighted by molar-refractivity contribution is -0.130. The molecule has 3 nitrogen and oxygen atoms in total. The molecule has 2 aliphatic rings. The Balaban J connectivity index is 2.08. The fraction of sp³-hybridized carbons (Fsp3) is 0.857. The first-order valence-corrected chi connectivity index (χ1v) is 3.78. The number of fused-ring (bicyclic) bond motifs is 2. The van der Waals surface area contributed by atoms with Gasteiger partial charge in [0, 0.05) is 32.1 Å². The summed E-state index contributed by atoms with van der Waals surface area (Å²) in [5.74, 6) is 0.231. The van der Waals surface area contributed by atoms with Gasteiger partial charge in [0.1, 0.15) is 0 Å². The third kappa shape index (κ3) is 0.736. The maximum atomic E-state index is 10.9. The number of likely N-dealkylation sites (tertiary alicyclic amines) is 1. The van der Waals surface area contributed by atoms with Crippen LogP contribution in [0.15, 0.2) is 0 Å². The molecule has 0 radical (unpaired) electrons. The van der Waals surface area contributed by atoms with E-state index >= 15 is 0 Å². The normalized spacial score (nSPS) is 37.1. The highest BCUT2D eigenvalue weighted by Crippen LogP contribution is 2.22. The minimum absolute atomic E-state index is 0.231. The fourth-order valence-corrected chi connectivity index (χ4v) is 1.95. The first kappa shape index (κ1) is 6.16. The molecule has 0 aromatic rings. The molecule has 0 saturated carbocycles. The lowest BCUT2D eigenvalue weighted by Gasteiger charge is -2.25. The molecular weight excluding hydrogens is 128 g/mol. The minimum Gasteiger partial charge on any atom is -0.337 e. The van der Waals surface area contributed by atoms with Crippen LogP contribution in [0.1, 0.15) is 13.3 Å². The Morgan fingerprint density at radius 1 is 1.70 bits per heavy atom. The smallest absolute Gasteiger partial charge is 0.219 e. The molecule has 0 aliphatic carbocycles. The van der Waals surface area contributed by atoms with E-state index in [9.17, 15) is 4.79 Å². The quantitative estimate of drug-likeness (QED) is 0.495. The summed E-state index contributed by atoms with van der Waals surface area (Å²) in [6.45, 7) is 3.59. The van der Waals surface area contributed by atoms with Crippen LogP contribution in [0.2, 0.25) is 0 Å². The van der Waals surface area contributed by atoms with Crippen molar-refractivity contribution < 1.29 is 4.79 Å². The predicted molar refractivity (Wildman–Crippen MR) is 37.6 cm³/mol. The van der Waals surface area contributed by atoms with Crippen LogP contribution < -0.4 is 5.32 Å². The zero-order chi connectivity index (χ0) is 7.14. The second-order valence-corrected chi connectivity index (χ2v) is 3.17. The van der Waals surface area contributed by atoms with Crippen molar-refractivity contribution in [2.24, 2.45) is 0 Å². The van der Waals surface area contributed by atoms with E-state index in [4.69, 9.17) is 0 Å². The predicted octanol–water partition coefficient (Wildman–Crippen LogP) is -0.421. The molecule has 3 heteroatoms. The Hall–Kier alpha value is -0.570. The van der Waals surface area contributed by atoms with Crippen molar-refractivity contribution in [1.82, 2.24) is 10.2 Å². The summed E-state index contributed by atoms with van der Waals surface area (Å²) in [5.41, 5.74) is 0. The minimum atomic E-state index is 0.231. The van der Waals surface area contributed by atoms with Crippen molar-refractivity contribution >= 4 is 5.91 Å². The number of carbonyl (C=O) groups excluding carboxylic acids is 1. The fourth-order valence-electron chi connectivity index (χ4n) is 1.95. The average molecular weight is 140 g/mol. The monoisotopic (exact) mass is 140 g/mol. The van der Waals surface area contributed by atoms with Gasteiger partial charge in [-0.2, -0.15) is 0 Å². The van der Waals surface area contributed by atoms with E-state index in [1.54, 1.807) is 6.92 Å². The van der Waals surface area contributed by atoms with Crippen LogP contribution in [0.25, 0.3) is 0 Å². The molecule has 1 N–H and O–H groups in total. The maximum absolute atomic E-state index is 10.9. The number of amides is 1. The molecular formula is C7H12N2O. The number of hydrogen-bond donors (Lipinski definition) is 1. The Morgan fingerprint density at radius 2 is 2.50 bits per heavy atom. The van der Waals surface area contributed by atoms with Crippen LogP contribution in [-0.2, 0) is 4.79 Å². The number of piperazine rings is 1. The number of hydrogen-bond acceptors (Lipinski definition) is 2. The highest BCUT2D eigenvalue weighted by Gasteiger charge is 2.38. The molecule has 1 amide bonds. The van der Waals surface area contributed by atoms with Crippen LogP contribution in [-0.4, -0.2) is 36.0 Å². The van der Waals surface area contributed by atoms with Crippen LogP contribution in [0.3, 0.4) is 0 Å². The van der Waals surface area contributed by atoms with Crippen molar-refractivity contribution in [3.8, 4) is 0 Å². The molecule has 0 spiro atoms. The van der Waals surface area contributed by atoms with Gasteiger partial charge in [-0.1, -0.05) is 0 Å². The number of nitrogens with zero attached hydrogens (tertiary/aromatic N) is 1. The molecule has 2 aliphatic heterocycles. The van der Waals surface area contributed by atoms with E-state index in [2.05, 4.69) is 5.32 Å². The van der Waals surface area contributed by atoms with Crippen molar-refractivity contribution in [2.75, 3.05) is 13.1 Å². The Morgan fingerprint density at radius 3 is 2.80 bits per heavy atom. The summed E-state index contributed by atoms with van der Waals surface area (Å²) >= 11 is 0. The molecule has 2 fully saturated rings. The molecule has 2 rings (SSSR count). The number of rotatable bonds is 0. The van der Waals surface area contributed by atoms with E-state index in [0.29, 0.717) is 12.1 Å². The molecule has 2 saturated heterocycles. The van der Waals surface area contributed by atoms with Crippen LogP contribution in [0, 0.1) is 0 Å². The maximum Gasteiger partial charge on any atom is 0.219 e. The van der Waals surface area contributed by atoms with Gasteiger partial charge < -0.3 is 10.2 Å². The zero-order valence-corrected chi connectivity index (χ0v) is 6.13. The summed E-state index contributed by atoms with van der Waals surface area (Å²) in [5, 5.41) is 3.35. The van der Waals surface area contributed by atoms with Gasteiger partial charge in [0.05, 0.1) is 0 Å². The van der Waals surface area contributed by atoms with E-state index in [1.165, 1.54) is 6.42 Å². The highest BCUT2D eigenvalue weighted by atomic mass is 16.2. The Labute approximate surface area is 60.4 Å². The lowest BCUT2D eigenvalue weighted by atomic mass is 10.2. The summed E-state index contributed by atoms with van der Waals surface area (Å²) in [7, 11) is 0. The SMILES string of the molecule is CC(=O)N1C[C@@H]2CC1CN2. The summed E-state index contributed by atoms with van der Waals surface area (Å²) < 4.78 is 0. The van der Waals surface area contributed by atoms with Crippen molar-refractivity contribution in [3.05, 3.63) is 0 Å². The molecule has 10 heavy (non-hydrogen) atoms. The average Bonchev–Trinajstić information content (AvgIpc) is 2.44. The van der Waals surface area contributed by atoms with Crippen molar-refractivity contribution in [2.45, 2.75) is 25.4 Å².